The van der Waals surface area contributed by atoms with Crippen molar-refractivity contribution in [2.45, 2.75) is 0 Å². The first kappa shape index (κ1) is 59.1. The number of aromatic amines is 2. The van der Waals surface area contributed by atoms with Crippen molar-refractivity contribution in [1.82, 2.24) is 19.9 Å². The topological polar surface area (TPSA) is 57.4 Å². The Labute approximate surface area is 600 Å². The van der Waals surface area contributed by atoms with Crippen LogP contribution < -0.4 is 0 Å². The third-order valence-electron chi connectivity index (χ3n) is 21.6. The van der Waals surface area contributed by atoms with Crippen LogP contribution in [0.3, 0.4) is 0 Å². The number of hydrogen-bond acceptors (Lipinski definition) is 2. The van der Waals surface area contributed by atoms with Gasteiger partial charge in [0.1, 0.15) is 0 Å². The molecule has 0 fully saturated rings. The standard InChI is InChI=1S/C100H62N4/c1-5-25-61(26-6-1)65-41-21-45-77(49-65)89-93-81-53-69-33-13-15-35-71(69)55-83(81)95(101-93)90(78-46-22-42-66(50-78)62-27-7-2-8-28-62)97-85-57-73-37-17-19-39-75(73)59-87(85)99(103-97)92(80-48-24-44-68(52-80)64-31-11-4-12-32-64)100-88-60-76-40-20-18-38-74(76)58-86(88)98(104-100)91(79-47-23-43-67(51-79)63-29-9-3-10-30-63)96-84-56-72-36-16-14-34-70(72)54-82(84)94(89)102-96/h1-60,101,104H. The van der Waals surface area contributed by atoms with Gasteiger partial charge >= 0.3 is 0 Å². The van der Waals surface area contributed by atoms with Crippen LogP contribution in [-0.4, -0.2) is 19.9 Å². The molecule has 104 heavy (non-hydrogen) atoms. The molecule has 3 aliphatic rings. The van der Waals surface area contributed by atoms with Gasteiger partial charge in [0.2, 0.25) is 0 Å². The number of H-pyrrole nitrogens is 2. The fourth-order valence-corrected chi connectivity index (χ4v) is 16.6. The van der Waals surface area contributed by atoms with Crippen molar-refractivity contribution in [1.29, 1.82) is 0 Å². The van der Waals surface area contributed by atoms with Gasteiger partial charge in [-0.3, -0.25) is 0 Å². The highest BCUT2D eigenvalue weighted by Gasteiger charge is 2.32. The Kier molecular flexibility index (Phi) is 13.6. The van der Waals surface area contributed by atoms with E-state index in [9.17, 15) is 0 Å². The van der Waals surface area contributed by atoms with Crippen molar-refractivity contribution in [3.63, 3.8) is 0 Å². The molecule has 4 heterocycles. The van der Waals surface area contributed by atoms with E-state index in [1.54, 1.807) is 0 Å². The fraction of sp³-hybridized carbons (Fsp3) is 0. The highest BCUT2D eigenvalue weighted by Crippen LogP contribution is 2.55. The Balaban J connectivity index is 1.07. The number of benzene rings is 16. The van der Waals surface area contributed by atoms with E-state index in [0.29, 0.717) is 0 Å². The van der Waals surface area contributed by atoms with E-state index in [1.807, 2.05) is 0 Å². The summed E-state index contributed by atoms with van der Waals surface area (Å²) < 4.78 is 0. The Morgan fingerprint density at radius 2 is 0.337 bits per heavy atom. The SMILES string of the molecule is c1ccc(-c2cccc(-c3c4nc(c(-c5cccc(-c6ccccc6)c5)c5[nH]c(c(-c6cccc(-c7ccccc7)c6)c6nc(c(-c7cccc(-c8ccccc8)c7)c7[nH]c3c3cc8ccccc8cc73)-c3cc7ccccc7cc3-6)c3cc6ccccc6cc53)-c3cc5ccccc5cc3-4)c2)cc1. The molecule has 16 aromatic carbocycles. The van der Waals surface area contributed by atoms with Crippen LogP contribution in [0, 0.1) is 0 Å². The van der Waals surface area contributed by atoms with Crippen LogP contribution in [0.4, 0.5) is 0 Å². The van der Waals surface area contributed by atoms with E-state index in [0.717, 1.165) is 221 Å². The van der Waals surface area contributed by atoms with Crippen molar-refractivity contribution in [2.75, 3.05) is 0 Å². The van der Waals surface area contributed by atoms with E-state index in [1.165, 1.54) is 0 Å². The third kappa shape index (κ3) is 9.76. The maximum Gasteiger partial charge on any atom is 0.0816 e. The normalized spacial score (nSPS) is 11.8. The molecule has 4 heteroatoms. The summed E-state index contributed by atoms with van der Waals surface area (Å²) in [6.07, 6.45) is 0. The largest absolute Gasteiger partial charge is 0.353 e. The molecule has 0 saturated carbocycles. The summed E-state index contributed by atoms with van der Waals surface area (Å²) in [6, 6.07) is 134. The van der Waals surface area contributed by atoms with E-state index >= 15 is 0 Å². The van der Waals surface area contributed by atoms with E-state index in [2.05, 4.69) is 374 Å². The van der Waals surface area contributed by atoms with E-state index < -0.39 is 0 Å². The summed E-state index contributed by atoms with van der Waals surface area (Å²) in [5.74, 6) is 0. The van der Waals surface area contributed by atoms with Crippen LogP contribution in [0.2, 0.25) is 0 Å². The lowest BCUT2D eigenvalue weighted by Gasteiger charge is -2.12. The molecular formula is C100H62N4. The van der Waals surface area contributed by atoms with Crippen LogP contribution in [-0.2, 0) is 0 Å². The van der Waals surface area contributed by atoms with E-state index in [-0.39, 0.29) is 0 Å². The first-order valence-electron chi connectivity index (χ1n) is 35.8. The second-order valence-electron chi connectivity index (χ2n) is 27.6. The molecule has 18 aromatic rings. The average molecular weight is 1320 g/mol. The molecule has 2 N–H and O–H groups in total. The number of rotatable bonds is 8. The highest BCUT2D eigenvalue weighted by atomic mass is 14.8. The molecule has 1 aliphatic carbocycles. The van der Waals surface area contributed by atoms with Gasteiger partial charge < -0.3 is 9.97 Å². The van der Waals surface area contributed by atoms with Gasteiger partial charge in [-0.15, -0.1) is 0 Å². The Morgan fingerprint density at radius 1 is 0.154 bits per heavy atom. The molecule has 482 valence electrons. The first-order valence-corrected chi connectivity index (χ1v) is 35.8. The molecule has 0 spiro atoms. The minimum Gasteiger partial charge on any atom is -0.353 e. The van der Waals surface area contributed by atoms with Crippen molar-refractivity contribution in [3.05, 3.63) is 364 Å². The van der Waals surface area contributed by atoms with Gasteiger partial charge in [0, 0.05) is 66.1 Å². The summed E-state index contributed by atoms with van der Waals surface area (Å²) in [4.78, 5) is 21.9. The lowest BCUT2D eigenvalue weighted by atomic mass is 9.90. The van der Waals surface area contributed by atoms with Crippen molar-refractivity contribution < 1.29 is 0 Å². The average Bonchev–Trinajstić information content (AvgIpc) is 1.53. The number of nitrogens with zero attached hydrogens (tertiary/aromatic N) is 2. The third-order valence-corrected chi connectivity index (χ3v) is 21.6. The summed E-state index contributed by atoms with van der Waals surface area (Å²) in [5.41, 5.74) is 28.3. The quantitative estimate of drug-likeness (QED) is 0.159. The highest BCUT2D eigenvalue weighted by molar-refractivity contribution is 6.25. The molecule has 0 atom stereocenters. The van der Waals surface area contributed by atoms with Crippen LogP contribution in [0.15, 0.2) is 364 Å². The van der Waals surface area contributed by atoms with Crippen LogP contribution in [0.1, 0.15) is 0 Å². The molecule has 8 bridgehead atoms. The van der Waals surface area contributed by atoms with Gasteiger partial charge in [-0.1, -0.05) is 291 Å². The van der Waals surface area contributed by atoms with Crippen LogP contribution in [0.5, 0.6) is 0 Å². The molecule has 2 aliphatic heterocycles. The summed E-state index contributed by atoms with van der Waals surface area (Å²) >= 11 is 0. The van der Waals surface area contributed by atoms with Crippen LogP contribution in [0.25, 0.3) is 221 Å². The number of nitrogens with one attached hydrogen (secondary N) is 2. The zero-order valence-corrected chi connectivity index (χ0v) is 56.5. The van der Waals surface area contributed by atoms with E-state index in [4.69, 9.17) is 9.97 Å². The second-order valence-corrected chi connectivity index (χ2v) is 27.6. The molecule has 21 rings (SSSR count). The Morgan fingerprint density at radius 3 is 0.558 bits per heavy atom. The minimum atomic E-state index is 0.863. The predicted molar refractivity (Wildman–Crippen MR) is 438 cm³/mol. The monoisotopic (exact) mass is 1320 g/mol. The maximum absolute atomic E-state index is 6.46. The van der Waals surface area contributed by atoms with Crippen molar-refractivity contribution >= 4 is 86.7 Å². The van der Waals surface area contributed by atoms with Gasteiger partial charge in [0.15, 0.2) is 0 Å². The molecule has 2 aromatic heterocycles. The molecular weight excluding hydrogens is 1260 g/mol. The minimum absolute atomic E-state index is 0.863. The lowest BCUT2D eigenvalue weighted by Crippen LogP contribution is -1.89. The Bertz CT molecular complexity index is 6120. The van der Waals surface area contributed by atoms with Gasteiger partial charge in [-0.2, -0.15) is 0 Å². The van der Waals surface area contributed by atoms with Gasteiger partial charge in [-0.25, -0.2) is 9.97 Å². The summed E-state index contributed by atoms with van der Waals surface area (Å²) in [5, 5.41) is 13.3. The number of hydrogen-bond donors (Lipinski definition) is 2. The first-order chi connectivity index (χ1) is 51.5. The molecule has 0 saturated heterocycles. The van der Waals surface area contributed by atoms with Crippen molar-refractivity contribution in [2.24, 2.45) is 0 Å². The lowest BCUT2D eigenvalue weighted by molar-refractivity contribution is 1.39. The molecule has 0 unspecified atom stereocenters. The molecule has 0 amide bonds. The summed E-state index contributed by atoms with van der Waals surface area (Å²) in [7, 11) is 0. The van der Waals surface area contributed by atoms with Crippen molar-refractivity contribution in [3.8, 4) is 134 Å². The smallest absolute Gasteiger partial charge is 0.0816 e. The molecule has 0 radical (unpaired) electrons. The number of aromatic nitrogens is 4. The summed E-state index contributed by atoms with van der Waals surface area (Å²) in [6.45, 7) is 0. The fourth-order valence-electron chi connectivity index (χ4n) is 16.6. The van der Waals surface area contributed by atoms with Gasteiger partial charge in [0.25, 0.3) is 0 Å². The molecule has 4 nitrogen and oxygen atoms in total. The van der Waals surface area contributed by atoms with Gasteiger partial charge in [0.05, 0.1) is 44.8 Å². The van der Waals surface area contributed by atoms with Crippen LogP contribution >= 0.6 is 0 Å². The maximum atomic E-state index is 6.46. The Hall–Kier alpha value is -13.8. The zero-order valence-electron chi connectivity index (χ0n) is 56.5. The predicted octanol–water partition coefficient (Wildman–Crippen LogP) is 27.2. The second kappa shape index (κ2) is 24.0. The van der Waals surface area contributed by atoms with Gasteiger partial charge in [-0.05, 0) is 183 Å². The number of fused-ring (bicyclic) bond motifs is 4. The zero-order chi connectivity index (χ0) is 68.3.